The summed E-state index contributed by atoms with van der Waals surface area (Å²) in [4.78, 5) is 16.1. The smallest absolute Gasteiger partial charge is 0.257 e. The second kappa shape index (κ2) is 7.86. The van der Waals surface area contributed by atoms with Crippen molar-refractivity contribution in [3.8, 4) is 5.88 Å². The van der Waals surface area contributed by atoms with Gasteiger partial charge in [-0.05, 0) is 53.3 Å². The van der Waals surface area contributed by atoms with Crippen molar-refractivity contribution < 1.29 is 9.53 Å². The molecule has 1 aromatic heterocycles. The first kappa shape index (κ1) is 16.4. The van der Waals surface area contributed by atoms with Crippen molar-refractivity contribution >= 4 is 44.9 Å². The number of thiocarbonyl (C=S) groups is 1. The molecule has 2 rings (SSSR count). The molecule has 0 saturated heterocycles. The molecule has 1 heterocycles. The Morgan fingerprint density at radius 2 is 2.05 bits per heavy atom. The van der Waals surface area contributed by atoms with Crippen LogP contribution in [0.3, 0.4) is 0 Å². The van der Waals surface area contributed by atoms with Gasteiger partial charge in [0.05, 0.1) is 12.3 Å². The van der Waals surface area contributed by atoms with Gasteiger partial charge in [-0.2, -0.15) is 0 Å². The minimum Gasteiger partial charge on any atom is -0.477 e. The van der Waals surface area contributed by atoms with Crippen LogP contribution in [0.15, 0.2) is 47.1 Å². The van der Waals surface area contributed by atoms with Crippen LogP contribution < -0.4 is 15.4 Å². The molecule has 2 N–H and O–H groups in total. The summed E-state index contributed by atoms with van der Waals surface area (Å²) in [5.74, 6) is 0.193. The highest BCUT2D eigenvalue weighted by Gasteiger charge is 2.11. The summed E-state index contributed by atoms with van der Waals surface area (Å²) in [6.45, 7) is 2.38. The van der Waals surface area contributed by atoms with Crippen LogP contribution in [0.25, 0.3) is 0 Å². The molecule has 0 saturated carbocycles. The van der Waals surface area contributed by atoms with Crippen LogP contribution in [0, 0.1) is 0 Å². The molecule has 114 valence electrons. The van der Waals surface area contributed by atoms with Crippen molar-refractivity contribution in [1.82, 2.24) is 10.3 Å². The molecule has 0 aliphatic heterocycles. The van der Waals surface area contributed by atoms with Crippen molar-refractivity contribution in [2.75, 3.05) is 11.9 Å². The third kappa shape index (κ3) is 4.25. The van der Waals surface area contributed by atoms with E-state index in [-0.39, 0.29) is 11.0 Å². The number of nitrogens with zero attached hydrogens (tertiary/aromatic N) is 1. The number of carbonyl (C=O) groups excluding carboxylic acids is 1. The average Bonchev–Trinajstić information content (AvgIpc) is 2.52. The zero-order valence-electron chi connectivity index (χ0n) is 11.8. The van der Waals surface area contributed by atoms with Gasteiger partial charge in [0.25, 0.3) is 5.91 Å². The largest absolute Gasteiger partial charge is 0.477 e. The van der Waals surface area contributed by atoms with Gasteiger partial charge in [0.15, 0.2) is 5.11 Å². The fourth-order valence-corrected chi connectivity index (χ4v) is 2.33. The zero-order valence-corrected chi connectivity index (χ0v) is 14.2. The van der Waals surface area contributed by atoms with Gasteiger partial charge in [0.2, 0.25) is 5.88 Å². The minimum atomic E-state index is -0.270. The Bertz CT molecular complexity index is 680. The molecule has 0 fully saturated rings. The lowest BCUT2D eigenvalue weighted by molar-refractivity contribution is 0.0977. The number of nitrogens with one attached hydrogen (secondary N) is 2. The van der Waals surface area contributed by atoms with Crippen LogP contribution in [-0.4, -0.2) is 22.6 Å². The van der Waals surface area contributed by atoms with Crippen molar-refractivity contribution in [2.45, 2.75) is 6.92 Å². The lowest BCUT2D eigenvalue weighted by Gasteiger charge is -2.12. The number of amides is 1. The molecule has 0 aliphatic carbocycles. The lowest BCUT2D eigenvalue weighted by Crippen LogP contribution is -2.34. The first-order valence-electron chi connectivity index (χ1n) is 6.56. The quantitative estimate of drug-likeness (QED) is 0.797. The van der Waals surface area contributed by atoms with Crippen LogP contribution in [0.4, 0.5) is 5.69 Å². The predicted molar refractivity (Wildman–Crippen MR) is 93.2 cm³/mol. The van der Waals surface area contributed by atoms with Gasteiger partial charge in [-0.1, -0.05) is 18.2 Å². The Balaban J connectivity index is 2.03. The summed E-state index contributed by atoms with van der Waals surface area (Å²) in [7, 11) is 0. The molecule has 0 atom stereocenters. The summed E-state index contributed by atoms with van der Waals surface area (Å²) in [6.07, 6.45) is 1.60. The van der Waals surface area contributed by atoms with Gasteiger partial charge in [0.1, 0.15) is 4.47 Å². The second-order valence-corrected chi connectivity index (χ2v) is 5.39. The molecular formula is C15H14BrN3O2S. The standard InChI is InChI=1S/C15H14BrN3O2S/c1-2-21-14-12(16)11(8-9-17-14)18-15(22)19-13(20)10-6-4-3-5-7-10/h3-9H,2H2,1H3,(H2,17,18,19,20,22). The molecule has 0 aliphatic rings. The van der Waals surface area contributed by atoms with Crippen molar-refractivity contribution in [1.29, 1.82) is 0 Å². The molecule has 7 heteroatoms. The van der Waals surface area contributed by atoms with E-state index >= 15 is 0 Å². The SMILES string of the molecule is CCOc1nccc(NC(=S)NC(=O)c2ccccc2)c1Br. The van der Waals surface area contributed by atoms with Crippen LogP contribution in [-0.2, 0) is 0 Å². The Morgan fingerprint density at radius 1 is 1.32 bits per heavy atom. The van der Waals surface area contributed by atoms with E-state index in [1.54, 1.807) is 36.5 Å². The highest BCUT2D eigenvalue weighted by molar-refractivity contribution is 9.10. The Hall–Kier alpha value is -1.99. The van der Waals surface area contributed by atoms with Gasteiger partial charge in [0, 0.05) is 11.8 Å². The molecule has 5 nitrogen and oxygen atoms in total. The summed E-state index contributed by atoms with van der Waals surface area (Å²) in [5, 5.41) is 5.76. The normalized spacial score (nSPS) is 9.91. The van der Waals surface area contributed by atoms with Crippen molar-refractivity contribution in [3.05, 3.63) is 52.6 Å². The maximum Gasteiger partial charge on any atom is 0.257 e. The zero-order chi connectivity index (χ0) is 15.9. The van der Waals surface area contributed by atoms with Crippen molar-refractivity contribution in [2.24, 2.45) is 0 Å². The first-order chi connectivity index (χ1) is 10.6. The van der Waals surface area contributed by atoms with Gasteiger partial charge >= 0.3 is 0 Å². The number of aromatic nitrogens is 1. The maximum atomic E-state index is 12.0. The molecule has 2 aromatic rings. The first-order valence-corrected chi connectivity index (χ1v) is 7.76. The fourth-order valence-electron chi connectivity index (χ4n) is 1.68. The molecule has 0 bridgehead atoms. The minimum absolute atomic E-state index is 0.197. The molecule has 0 radical (unpaired) electrons. The summed E-state index contributed by atoms with van der Waals surface area (Å²) in [6, 6.07) is 10.6. The van der Waals surface area contributed by atoms with E-state index < -0.39 is 0 Å². The maximum absolute atomic E-state index is 12.0. The Kier molecular flexibility index (Phi) is 5.85. The number of halogens is 1. The second-order valence-electron chi connectivity index (χ2n) is 4.18. The molecule has 1 amide bonds. The topological polar surface area (TPSA) is 63.2 Å². The highest BCUT2D eigenvalue weighted by atomic mass is 79.9. The van der Waals surface area contributed by atoms with Gasteiger partial charge < -0.3 is 10.1 Å². The summed E-state index contributed by atoms with van der Waals surface area (Å²) >= 11 is 8.55. The van der Waals surface area contributed by atoms with Crippen LogP contribution in [0.5, 0.6) is 5.88 Å². The number of rotatable bonds is 4. The number of ether oxygens (including phenoxy) is 1. The predicted octanol–water partition coefficient (Wildman–Crippen LogP) is 3.37. The molecule has 0 unspecified atom stereocenters. The van der Waals surface area contributed by atoms with E-state index in [9.17, 15) is 4.79 Å². The number of pyridine rings is 1. The van der Waals surface area contributed by atoms with E-state index in [4.69, 9.17) is 17.0 Å². The number of hydrogen-bond donors (Lipinski definition) is 2. The van der Waals surface area contributed by atoms with Crippen LogP contribution in [0.1, 0.15) is 17.3 Å². The molecular weight excluding hydrogens is 366 g/mol. The van der Waals surface area contributed by atoms with Gasteiger partial charge in [-0.15, -0.1) is 0 Å². The molecule has 0 spiro atoms. The van der Waals surface area contributed by atoms with Crippen LogP contribution in [0.2, 0.25) is 0 Å². The third-order valence-corrected chi connectivity index (χ3v) is 3.62. The monoisotopic (exact) mass is 379 g/mol. The number of carbonyl (C=O) groups is 1. The Morgan fingerprint density at radius 3 is 2.73 bits per heavy atom. The third-order valence-electron chi connectivity index (χ3n) is 2.65. The lowest BCUT2D eigenvalue weighted by atomic mass is 10.2. The highest BCUT2D eigenvalue weighted by Crippen LogP contribution is 2.30. The Labute approximate surface area is 142 Å². The molecule has 22 heavy (non-hydrogen) atoms. The molecule has 1 aromatic carbocycles. The van der Waals surface area contributed by atoms with Gasteiger partial charge in [-0.3, -0.25) is 10.1 Å². The summed E-state index contributed by atoms with van der Waals surface area (Å²) in [5.41, 5.74) is 1.20. The van der Waals surface area contributed by atoms with E-state index in [0.29, 0.717) is 28.2 Å². The van der Waals surface area contributed by atoms with E-state index in [0.717, 1.165) is 0 Å². The number of benzene rings is 1. The van der Waals surface area contributed by atoms with E-state index in [1.807, 2.05) is 13.0 Å². The van der Waals surface area contributed by atoms with Gasteiger partial charge in [-0.25, -0.2) is 4.98 Å². The van der Waals surface area contributed by atoms with E-state index in [1.165, 1.54) is 0 Å². The number of anilines is 1. The fraction of sp³-hybridized carbons (Fsp3) is 0.133. The summed E-state index contributed by atoms with van der Waals surface area (Å²) < 4.78 is 6.03. The van der Waals surface area contributed by atoms with E-state index in [2.05, 4.69) is 31.5 Å². The van der Waals surface area contributed by atoms with Crippen LogP contribution >= 0.6 is 28.1 Å². The van der Waals surface area contributed by atoms with Crippen molar-refractivity contribution in [3.63, 3.8) is 0 Å². The number of hydrogen-bond acceptors (Lipinski definition) is 4. The average molecular weight is 380 g/mol.